The number of aromatic nitrogens is 1. The van der Waals surface area contributed by atoms with Gasteiger partial charge in [0.05, 0.1) is 6.61 Å². The number of benzene rings is 2. The van der Waals surface area contributed by atoms with E-state index in [1.165, 1.54) is 0 Å². The summed E-state index contributed by atoms with van der Waals surface area (Å²) in [5, 5.41) is 0. The minimum atomic E-state index is -0.253. The van der Waals surface area contributed by atoms with Gasteiger partial charge in [-0.2, -0.15) is 4.99 Å². The third kappa shape index (κ3) is 4.52. The normalized spacial score (nSPS) is 11.5. The quantitative estimate of drug-likeness (QED) is 0.718. The molecule has 3 rings (SSSR count). The second-order valence-electron chi connectivity index (χ2n) is 5.72. The van der Waals surface area contributed by atoms with E-state index < -0.39 is 0 Å². The maximum absolute atomic E-state index is 12.5. The molecule has 0 atom stereocenters. The maximum Gasteiger partial charge on any atom is 0.278 e. The summed E-state index contributed by atoms with van der Waals surface area (Å²) in [6.45, 7) is 1.20. The van der Waals surface area contributed by atoms with E-state index in [0.717, 1.165) is 11.1 Å². The van der Waals surface area contributed by atoms with Gasteiger partial charge in [0.25, 0.3) is 5.91 Å². The van der Waals surface area contributed by atoms with Gasteiger partial charge < -0.3 is 9.30 Å². The van der Waals surface area contributed by atoms with Gasteiger partial charge in [-0.3, -0.25) is 4.79 Å². The molecule has 0 unspecified atom stereocenters. The van der Waals surface area contributed by atoms with Crippen molar-refractivity contribution < 1.29 is 9.53 Å². The third-order valence-corrected chi connectivity index (χ3v) is 3.84. The van der Waals surface area contributed by atoms with E-state index in [0.29, 0.717) is 24.2 Å². The molecule has 0 spiro atoms. The topological polar surface area (TPSA) is 43.6 Å². The number of carbonyl (C=O) groups excluding carboxylic acids is 1. The highest BCUT2D eigenvalue weighted by Crippen LogP contribution is 2.07. The van der Waals surface area contributed by atoms with Crippen molar-refractivity contribution in [1.29, 1.82) is 0 Å². The van der Waals surface area contributed by atoms with Gasteiger partial charge in [-0.05, 0) is 35.4 Å². The van der Waals surface area contributed by atoms with Gasteiger partial charge in [0, 0.05) is 25.4 Å². The average molecular weight is 332 g/mol. The molecule has 0 saturated carbocycles. The van der Waals surface area contributed by atoms with E-state index in [2.05, 4.69) is 17.1 Å². The number of pyridine rings is 1. The summed E-state index contributed by atoms with van der Waals surface area (Å²) in [5.41, 5.74) is 3.39. The molecule has 25 heavy (non-hydrogen) atoms. The van der Waals surface area contributed by atoms with Crippen molar-refractivity contribution >= 4 is 5.91 Å². The van der Waals surface area contributed by atoms with E-state index in [1.807, 2.05) is 59.3 Å². The van der Waals surface area contributed by atoms with Crippen LogP contribution in [-0.4, -0.2) is 17.6 Å². The minimum Gasteiger partial charge on any atom is -0.380 e. The summed E-state index contributed by atoms with van der Waals surface area (Å²) in [6.07, 6.45) is 1.93. The zero-order valence-electron chi connectivity index (χ0n) is 14.1. The average Bonchev–Trinajstić information content (AvgIpc) is 2.65. The fourth-order valence-corrected chi connectivity index (χ4v) is 2.56. The summed E-state index contributed by atoms with van der Waals surface area (Å²) in [5.74, 6) is -0.253. The number of ether oxygens (including phenoxy) is 1. The lowest BCUT2D eigenvalue weighted by atomic mass is 10.1. The van der Waals surface area contributed by atoms with E-state index >= 15 is 0 Å². The Kier molecular flexibility index (Phi) is 5.54. The molecule has 0 aliphatic carbocycles. The molecule has 0 saturated heterocycles. The summed E-state index contributed by atoms with van der Waals surface area (Å²) < 4.78 is 7.05. The first-order valence-corrected chi connectivity index (χ1v) is 8.12. The van der Waals surface area contributed by atoms with E-state index in [1.54, 1.807) is 19.2 Å². The summed E-state index contributed by atoms with van der Waals surface area (Å²) in [6, 6.07) is 23.1. The van der Waals surface area contributed by atoms with Crippen molar-refractivity contribution in [1.82, 2.24) is 4.57 Å². The molecular formula is C21H20N2O2. The van der Waals surface area contributed by atoms with Crippen LogP contribution in [0.25, 0.3) is 0 Å². The summed E-state index contributed by atoms with van der Waals surface area (Å²) in [4.78, 5) is 16.8. The van der Waals surface area contributed by atoms with Crippen LogP contribution in [0.3, 0.4) is 0 Å². The highest BCUT2D eigenvalue weighted by molar-refractivity contribution is 5.94. The van der Waals surface area contributed by atoms with Crippen LogP contribution in [-0.2, 0) is 17.9 Å². The first-order chi connectivity index (χ1) is 12.3. The molecule has 0 aliphatic rings. The Hall–Kier alpha value is -2.98. The smallest absolute Gasteiger partial charge is 0.278 e. The van der Waals surface area contributed by atoms with Gasteiger partial charge in [0.2, 0.25) is 0 Å². The molecule has 1 heterocycles. The van der Waals surface area contributed by atoms with Crippen molar-refractivity contribution in [3.8, 4) is 0 Å². The van der Waals surface area contributed by atoms with Crippen LogP contribution in [0.5, 0.6) is 0 Å². The first-order valence-electron chi connectivity index (χ1n) is 8.12. The Bertz CT molecular complexity index is 897. The molecule has 4 nitrogen and oxygen atoms in total. The number of hydrogen-bond donors (Lipinski definition) is 0. The van der Waals surface area contributed by atoms with E-state index in [4.69, 9.17) is 4.74 Å². The molecule has 4 heteroatoms. The molecule has 0 radical (unpaired) electrons. The second kappa shape index (κ2) is 8.22. The molecule has 0 N–H and O–H groups in total. The summed E-state index contributed by atoms with van der Waals surface area (Å²) >= 11 is 0. The Labute approximate surface area is 147 Å². The van der Waals surface area contributed by atoms with Crippen LogP contribution in [0.2, 0.25) is 0 Å². The Balaban J connectivity index is 1.86. The largest absolute Gasteiger partial charge is 0.380 e. The lowest BCUT2D eigenvalue weighted by Crippen LogP contribution is -2.22. The number of rotatable bonds is 5. The molecule has 2 aromatic carbocycles. The standard InChI is InChI=1S/C21H20N2O2/c1-25-16-18-10-12-19(13-11-18)21(24)22-20-9-5-6-14-23(20)15-17-7-3-2-4-8-17/h2-14H,15-16H2,1H3. The van der Waals surface area contributed by atoms with Gasteiger partial charge in [0.1, 0.15) is 5.49 Å². The Morgan fingerprint density at radius 1 is 0.920 bits per heavy atom. The predicted octanol–water partition coefficient (Wildman–Crippen LogP) is 3.42. The fourth-order valence-electron chi connectivity index (χ4n) is 2.56. The van der Waals surface area contributed by atoms with Gasteiger partial charge in [-0.1, -0.05) is 48.5 Å². The van der Waals surface area contributed by atoms with Crippen molar-refractivity contribution in [3.05, 3.63) is 101 Å². The molecular weight excluding hydrogens is 312 g/mol. The second-order valence-corrected chi connectivity index (χ2v) is 5.72. The molecule has 0 fully saturated rings. The zero-order valence-corrected chi connectivity index (χ0v) is 14.1. The van der Waals surface area contributed by atoms with E-state index in [9.17, 15) is 4.79 Å². The van der Waals surface area contributed by atoms with Crippen LogP contribution in [0.4, 0.5) is 0 Å². The zero-order chi connectivity index (χ0) is 17.5. The number of methoxy groups -OCH3 is 1. The molecule has 3 aromatic rings. The van der Waals surface area contributed by atoms with Gasteiger partial charge in [0.15, 0.2) is 0 Å². The molecule has 0 aliphatic heterocycles. The van der Waals surface area contributed by atoms with Crippen molar-refractivity contribution in [2.75, 3.05) is 7.11 Å². The Morgan fingerprint density at radius 3 is 2.36 bits per heavy atom. The number of nitrogens with zero attached hydrogens (tertiary/aromatic N) is 2. The highest BCUT2D eigenvalue weighted by atomic mass is 16.5. The number of carbonyl (C=O) groups is 1. The van der Waals surface area contributed by atoms with Crippen LogP contribution in [0.15, 0.2) is 84.0 Å². The molecule has 1 aromatic heterocycles. The molecule has 1 amide bonds. The van der Waals surface area contributed by atoms with Crippen LogP contribution >= 0.6 is 0 Å². The van der Waals surface area contributed by atoms with Crippen molar-refractivity contribution in [2.45, 2.75) is 13.2 Å². The van der Waals surface area contributed by atoms with Crippen LogP contribution in [0, 0.1) is 0 Å². The van der Waals surface area contributed by atoms with E-state index in [-0.39, 0.29) is 5.91 Å². The van der Waals surface area contributed by atoms with Gasteiger partial charge >= 0.3 is 0 Å². The monoisotopic (exact) mass is 332 g/mol. The fraction of sp³-hybridized carbons (Fsp3) is 0.143. The number of hydrogen-bond acceptors (Lipinski definition) is 2. The third-order valence-electron chi connectivity index (χ3n) is 3.84. The number of amides is 1. The first kappa shape index (κ1) is 16.9. The molecule has 0 bridgehead atoms. The SMILES string of the molecule is COCc1ccc(C(=O)N=c2ccccn2Cc2ccccc2)cc1. The Morgan fingerprint density at radius 2 is 1.64 bits per heavy atom. The van der Waals surface area contributed by atoms with Gasteiger partial charge in [-0.25, -0.2) is 0 Å². The minimum absolute atomic E-state index is 0.253. The maximum atomic E-state index is 12.5. The molecule has 126 valence electrons. The van der Waals surface area contributed by atoms with Crippen LogP contribution in [0.1, 0.15) is 21.5 Å². The predicted molar refractivity (Wildman–Crippen MR) is 97.0 cm³/mol. The lowest BCUT2D eigenvalue weighted by molar-refractivity contribution is 0.0997. The summed E-state index contributed by atoms with van der Waals surface area (Å²) in [7, 11) is 1.65. The van der Waals surface area contributed by atoms with Gasteiger partial charge in [-0.15, -0.1) is 0 Å². The lowest BCUT2D eigenvalue weighted by Gasteiger charge is -2.07. The van der Waals surface area contributed by atoms with Crippen LogP contribution < -0.4 is 5.49 Å². The van der Waals surface area contributed by atoms with Crippen molar-refractivity contribution in [3.63, 3.8) is 0 Å². The highest BCUT2D eigenvalue weighted by Gasteiger charge is 2.05. The van der Waals surface area contributed by atoms with Crippen molar-refractivity contribution in [2.24, 2.45) is 4.99 Å².